The zero-order chi connectivity index (χ0) is 24.8. The Labute approximate surface area is 205 Å². The van der Waals surface area contributed by atoms with Gasteiger partial charge in [0.05, 0.1) is 13.7 Å². The molecule has 1 aromatic heterocycles. The van der Waals surface area contributed by atoms with Crippen LogP contribution in [0.5, 0.6) is 5.75 Å². The lowest BCUT2D eigenvalue weighted by molar-refractivity contribution is 0.0992. The SMILES string of the molecule is COc1ccc(CN(Cc2cccc(F)c2)Cc2ccc(C(=O)Nc3ccc(C)c(C)c3)o2)cc1. The average Bonchev–Trinajstić information content (AvgIpc) is 3.30. The summed E-state index contributed by atoms with van der Waals surface area (Å²) in [5.41, 5.74) is 4.94. The minimum Gasteiger partial charge on any atom is -0.497 e. The Bertz CT molecular complexity index is 1300. The van der Waals surface area contributed by atoms with Crippen LogP contribution in [0.2, 0.25) is 0 Å². The van der Waals surface area contributed by atoms with Crippen molar-refractivity contribution >= 4 is 11.6 Å². The minimum absolute atomic E-state index is 0.244. The summed E-state index contributed by atoms with van der Waals surface area (Å²) in [5.74, 6) is 1.12. The van der Waals surface area contributed by atoms with E-state index in [9.17, 15) is 9.18 Å². The number of carbonyl (C=O) groups is 1. The highest BCUT2D eigenvalue weighted by molar-refractivity contribution is 6.02. The lowest BCUT2D eigenvalue weighted by Gasteiger charge is -2.22. The fraction of sp³-hybridized carbons (Fsp3) is 0.207. The van der Waals surface area contributed by atoms with E-state index in [1.54, 1.807) is 19.2 Å². The number of nitrogens with one attached hydrogen (secondary N) is 1. The highest BCUT2D eigenvalue weighted by Gasteiger charge is 2.15. The van der Waals surface area contributed by atoms with Gasteiger partial charge in [0.1, 0.15) is 17.3 Å². The van der Waals surface area contributed by atoms with Crippen LogP contribution < -0.4 is 10.1 Å². The fourth-order valence-corrected chi connectivity index (χ4v) is 3.87. The molecule has 0 atom stereocenters. The minimum atomic E-state index is -0.300. The second kappa shape index (κ2) is 11.0. The van der Waals surface area contributed by atoms with Crippen LogP contribution in [0.3, 0.4) is 0 Å². The Morgan fingerprint density at radius 2 is 1.66 bits per heavy atom. The van der Waals surface area contributed by atoms with Crippen LogP contribution in [0, 0.1) is 19.7 Å². The van der Waals surface area contributed by atoms with E-state index in [4.69, 9.17) is 9.15 Å². The van der Waals surface area contributed by atoms with Crippen LogP contribution in [0.4, 0.5) is 10.1 Å². The molecule has 4 rings (SSSR count). The molecule has 1 N–H and O–H groups in total. The first-order valence-corrected chi connectivity index (χ1v) is 11.5. The van der Waals surface area contributed by atoms with Crippen molar-refractivity contribution < 1.29 is 18.3 Å². The Morgan fingerprint density at radius 3 is 2.37 bits per heavy atom. The average molecular weight is 473 g/mol. The van der Waals surface area contributed by atoms with Crippen molar-refractivity contribution in [1.82, 2.24) is 4.90 Å². The van der Waals surface area contributed by atoms with Crippen molar-refractivity contribution in [2.45, 2.75) is 33.5 Å². The summed E-state index contributed by atoms with van der Waals surface area (Å²) in [6.07, 6.45) is 0. The van der Waals surface area contributed by atoms with Gasteiger partial charge in [0.15, 0.2) is 5.76 Å². The molecule has 0 bridgehead atoms. The topological polar surface area (TPSA) is 54.7 Å². The molecule has 1 amide bonds. The number of hydrogen-bond donors (Lipinski definition) is 1. The number of nitrogens with zero attached hydrogens (tertiary/aromatic N) is 1. The van der Waals surface area contributed by atoms with Crippen LogP contribution in [-0.4, -0.2) is 17.9 Å². The highest BCUT2D eigenvalue weighted by atomic mass is 19.1. The largest absolute Gasteiger partial charge is 0.497 e. The third-order valence-corrected chi connectivity index (χ3v) is 5.89. The summed E-state index contributed by atoms with van der Waals surface area (Å²) in [7, 11) is 1.63. The molecule has 0 aliphatic heterocycles. The smallest absolute Gasteiger partial charge is 0.291 e. The molecule has 0 aliphatic rings. The number of aryl methyl sites for hydroxylation is 2. The molecular formula is C29H29FN2O3. The van der Waals surface area contributed by atoms with Gasteiger partial charge in [0, 0.05) is 18.8 Å². The number of methoxy groups -OCH3 is 1. The van der Waals surface area contributed by atoms with Gasteiger partial charge in [0.2, 0.25) is 0 Å². The molecule has 35 heavy (non-hydrogen) atoms. The van der Waals surface area contributed by atoms with E-state index in [-0.39, 0.29) is 17.5 Å². The van der Waals surface area contributed by atoms with Crippen molar-refractivity contribution in [3.63, 3.8) is 0 Å². The number of rotatable bonds is 9. The van der Waals surface area contributed by atoms with E-state index < -0.39 is 0 Å². The number of furan rings is 1. The summed E-state index contributed by atoms with van der Waals surface area (Å²) in [4.78, 5) is 14.9. The highest BCUT2D eigenvalue weighted by Crippen LogP contribution is 2.20. The molecule has 3 aromatic carbocycles. The van der Waals surface area contributed by atoms with Crippen molar-refractivity contribution in [2.24, 2.45) is 0 Å². The van der Waals surface area contributed by atoms with E-state index in [0.717, 1.165) is 28.1 Å². The van der Waals surface area contributed by atoms with Gasteiger partial charge < -0.3 is 14.5 Å². The van der Waals surface area contributed by atoms with Gasteiger partial charge in [-0.1, -0.05) is 30.3 Å². The maximum atomic E-state index is 13.8. The number of benzene rings is 3. The summed E-state index contributed by atoms with van der Waals surface area (Å²) < 4.78 is 24.9. The Hall–Kier alpha value is -3.90. The molecule has 4 aromatic rings. The van der Waals surface area contributed by atoms with E-state index in [2.05, 4.69) is 10.2 Å². The van der Waals surface area contributed by atoms with Crippen molar-refractivity contribution in [3.05, 3.63) is 118 Å². The van der Waals surface area contributed by atoms with Crippen LogP contribution in [-0.2, 0) is 19.6 Å². The van der Waals surface area contributed by atoms with E-state index in [1.165, 1.54) is 17.7 Å². The first kappa shape index (κ1) is 24.2. The fourth-order valence-electron chi connectivity index (χ4n) is 3.87. The van der Waals surface area contributed by atoms with Crippen LogP contribution in [0.25, 0.3) is 0 Å². The molecule has 0 spiro atoms. The summed E-state index contributed by atoms with van der Waals surface area (Å²) >= 11 is 0. The number of hydrogen-bond acceptors (Lipinski definition) is 4. The lowest BCUT2D eigenvalue weighted by atomic mass is 10.1. The predicted octanol–water partition coefficient (Wildman–Crippen LogP) is 6.50. The van der Waals surface area contributed by atoms with Crippen LogP contribution >= 0.6 is 0 Å². The van der Waals surface area contributed by atoms with E-state index in [1.807, 2.05) is 68.4 Å². The zero-order valence-corrected chi connectivity index (χ0v) is 20.2. The van der Waals surface area contributed by atoms with Crippen LogP contribution in [0.15, 0.2) is 83.3 Å². The molecule has 0 saturated heterocycles. The quantitative estimate of drug-likeness (QED) is 0.302. The van der Waals surface area contributed by atoms with Gasteiger partial charge >= 0.3 is 0 Å². The number of anilines is 1. The molecule has 6 heteroatoms. The molecule has 0 fully saturated rings. The summed E-state index contributed by atoms with van der Waals surface area (Å²) in [5, 5.41) is 2.89. The molecular weight excluding hydrogens is 443 g/mol. The molecule has 180 valence electrons. The maximum absolute atomic E-state index is 13.8. The van der Waals surface area contributed by atoms with Crippen molar-refractivity contribution in [1.29, 1.82) is 0 Å². The number of halogens is 1. The molecule has 1 heterocycles. The molecule has 0 saturated carbocycles. The van der Waals surface area contributed by atoms with Gasteiger partial charge in [-0.05, 0) is 84.6 Å². The third kappa shape index (κ3) is 6.58. The van der Waals surface area contributed by atoms with Gasteiger partial charge in [-0.2, -0.15) is 0 Å². The van der Waals surface area contributed by atoms with Gasteiger partial charge in [-0.15, -0.1) is 0 Å². The zero-order valence-electron chi connectivity index (χ0n) is 20.2. The van der Waals surface area contributed by atoms with E-state index in [0.29, 0.717) is 25.4 Å². The van der Waals surface area contributed by atoms with Crippen LogP contribution in [0.1, 0.15) is 38.6 Å². The normalized spacial score (nSPS) is 11.0. The predicted molar refractivity (Wildman–Crippen MR) is 135 cm³/mol. The first-order valence-electron chi connectivity index (χ1n) is 11.5. The summed E-state index contributed by atoms with van der Waals surface area (Å²) in [6, 6.07) is 23.7. The standard InChI is InChI=1S/C29H29FN2O3/c1-20-7-10-25(15-21(20)2)31-29(33)28-14-13-27(35-28)19-32(18-23-5-4-6-24(30)16-23)17-22-8-11-26(34-3)12-9-22/h4-16H,17-19H2,1-3H3,(H,31,33). The second-order valence-electron chi connectivity index (χ2n) is 8.64. The third-order valence-electron chi connectivity index (χ3n) is 5.89. The van der Waals surface area contributed by atoms with Crippen molar-refractivity contribution in [3.8, 4) is 5.75 Å². The Balaban J connectivity index is 1.48. The van der Waals surface area contributed by atoms with E-state index >= 15 is 0 Å². The Kier molecular flexibility index (Phi) is 7.63. The summed E-state index contributed by atoms with van der Waals surface area (Å²) in [6.45, 7) is 5.63. The Morgan fingerprint density at radius 1 is 0.886 bits per heavy atom. The van der Waals surface area contributed by atoms with Crippen molar-refractivity contribution in [2.75, 3.05) is 12.4 Å². The van der Waals surface area contributed by atoms with Gasteiger partial charge in [-0.3, -0.25) is 9.69 Å². The maximum Gasteiger partial charge on any atom is 0.291 e. The monoisotopic (exact) mass is 472 g/mol. The first-order chi connectivity index (χ1) is 16.9. The molecule has 0 radical (unpaired) electrons. The number of amides is 1. The lowest BCUT2D eigenvalue weighted by Crippen LogP contribution is -2.22. The molecule has 5 nitrogen and oxygen atoms in total. The van der Waals surface area contributed by atoms with Gasteiger partial charge in [-0.25, -0.2) is 4.39 Å². The molecule has 0 unspecified atom stereocenters. The van der Waals surface area contributed by atoms with Gasteiger partial charge in [0.25, 0.3) is 5.91 Å². The number of ether oxygens (including phenoxy) is 1. The number of carbonyl (C=O) groups excluding carboxylic acids is 1. The second-order valence-corrected chi connectivity index (χ2v) is 8.64. The molecule has 0 aliphatic carbocycles.